The topological polar surface area (TPSA) is 52.6 Å². The third kappa shape index (κ3) is 2.67. The molecular formula is C15H16O4. The molecule has 1 saturated heterocycles. The van der Waals surface area contributed by atoms with Crippen molar-refractivity contribution >= 4 is 18.0 Å². The minimum Gasteiger partial charge on any atom is -0.419 e. The molecule has 4 heteroatoms. The largest absolute Gasteiger partial charge is 0.419 e. The second-order valence-corrected chi connectivity index (χ2v) is 5.04. The van der Waals surface area contributed by atoms with Gasteiger partial charge in [-0.05, 0) is 36.6 Å². The molecule has 0 spiro atoms. The maximum Gasteiger partial charge on any atom is 0.348 e. The number of ether oxygens (including phenoxy) is 2. The molecule has 1 fully saturated rings. The summed E-state index contributed by atoms with van der Waals surface area (Å²) in [6.07, 6.45) is 1.53. The van der Waals surface area contributed by atoms with E-state index in [0.717, 1.165) is 16.7 Å². The fourth-order valence-corrected chi connectivity index (χ4v) is 1.98. The Bertz CT molecular complexity index is 540. The minimum absolute atomic E-state index is 0.0725. The minimum atomic E-state index is -1.20. The van der Waals surface area contributed by atoms with Gasteiger partial charge in [-0.1, -0.05) is 18.2 Å². The first-order chi connectivity index (χ1) is 8.80. The molecule has 0 bridgehead atoms. The Labute approximate surface area is 112 Å². The average molecular weight is 260 g/mol. The Morgan fingerprint density at radius 1 is 1.00 bits per heavy atom. The number of hydrogen-bond donors (Lipinski definition) is 0. The van der Waals surface area contributed by atoms with E-state index < -0.39 is 17.7 Å². The van der Waals surface area contributed by atoms with Crippen molar-refractivity contribution in [3.8, 4) is 0 Å². The molecule has 0 atom stereocenters. The van der Waals surface area contributed by atoms with Crippen LogP contribution in [0.2, 0.25) is 0 Å². The van der Waals surface area contributed by atoms with Gasteiger partial charge in [0.25, 0.3) is 5.79 Å². The molecule has 1 aromatic carbocycles. The Morgan fingerprint density at radius 2 is 1.47 bits per heavy atom. The first-order valence-corrected chi connectivity index (χ1v) is 6.05. The van der Waals surface area contributed by atoms with Crippen molar-refractivity contribution in [2.24, 2.45) is 0 Å². The molecular weight excluding hydrogens is 244 g/mol. The van der Waals surface area contributed by atoms with Crippen LogP contribution in [0.1, 0.15) is 30.5 Å². The Kier molecular flexibility index (Phi) is 3.18. The van der Waals surface area contributed by atoms with Gasteiger partial charge in [0.05, 0.1) is 0 Å². The monoisotopic (exact) mass is 260 g/mol. The van der Waals surface area contributed by atoms with Crippen molar-refractivity contribution in [1.29, 1.82) is 0 Å². The van der Waals surface area contributed by atoms with Crippen LogP contribution in [0.3, 0.4) is 0 Å². The lowest BCUT2D eigenvalue weighted by atomic mass is 10.00. The molecule has 1 aromatic rings. The number of carbonyl (C=O) groups excluding carboxylic acids is 2. The van der Waals surface area contributed by atoms with Crippen LogP contribution < -0.4 is 0 Å². The first-order valence-electron chi connectivity index (χ1n) is 6.05. The van der Waals surface area contributed by atoms with Gasteiger partial charge in [-0.25, -0.2) is 9.59 Å². The van der Waals surface area contributed by atoms with Crippen LogP contribution in [0.4, 0.5) is 0 Å². The highest BCUT2D eigenvalue weighted by Crippen LogP contribution is 2.25. The molecule has 1 aliphatic heterocycles. The molecule has 2 rings (SSSR count). The molecule has 4 nitrogen and oxygen atoms in total. The van der Waals surface area contributed by atoms with Crippen molar-refractivity contribution in [3.05, 3.63) is 40.5 Å². The molecule has 100 valence electrons. The van der Waals surface area contributed by atoms with E-state index in [9.17, 15) is 9.59 Å². The molecule has 1 heterocycles. The Morgan fingerprint density at radius 3 is 1.95 bits per heavy atom. The fraction of sp³-hybridized carbons (Fsp3) is 0.333. The van der Waals surface area contributed by atoms with Crippen LogP contribution >= 0.6 is 0 Å². The van der Waals surface area contributed by atoms with Crippen LogP contribution in [0, 0.1) is 13.8 Å². The molecule has 0 aliphatic carbocycles. The van der Waals surface area contributed by atoms with E-state index in [0.29, 0.717) is 0 Å². The third-order valence-corrected chi connectivity index (χ3v) is 2.95. The predicted octanol–water partition coefficient (Wildman–Crippen LogP) is 2.52. The van der Waals surface area contributed by atoms with Crippen molar-refractivity contribution in [1.82, 2.24) is 0 Å². The zero-order chi connectivity index (χ0) is 14.2. The SMILES string of the molecule is Cc1cccc(C)c1C=C1C(=O)OC(C)(C)OC1=O. The zero-order valence-corrected chi connectivity index (χ0v) is 11.4. The van der Waals surface area contributed by atoms with E-state index in [-0.39, 0.29) is 5.57 Å². The highest BCUT2D eigenvalue weighted by atomic mass is 16.7. The highest BCUT2D eigenvalue weighted by molar-refractivity contribution is 6.19. The summed E-state index contributed by atoms with van der Waals surface area (Å²) in [4.78, 5) is 23.7. The summed E-state index contributed by atoms with van der Waals surface area (Å²) in [5.74, 6) is -2.50. The van der Waals surface area contributed by atoms with Crippen LogP contribution in [0.25, 0.3) is 6.08 Å². The number of carbonyl (C=O) groups is 2. The maximum absolute atomic E-state index is 11.9. The number of benzene rings is 1. The summed E-state index contributed by atoms with van der Waals surface area (Å²) in [6, 6.07) is 5.76. The quantitative estimate of drug-likeness (QED) is 0.442. The lowest BCUT2D eigenvalue weighted by molar-refractivity contribution is -0.222. The van der Waals surface area contributed by atoms with E-state index >= 15 is 0 Å². The van der Waals surface area contributed by atoms with Crippen LogP contribution in [-0.2, 0) is 19.1 Å². The Hall–Kier alpha value is -2.10. The molecule has 0 amide bonds. The summed E-state index contributed by atoms with van der Waals surface area (Å²) >= 11 is 0. The lowest BCUT2D eigenvalue weighted by Gasteiger charge is -2.29. The standard InChI is InChI=1S/C15H16O4/c1-9-6-5-7-10(2)11(9)8-12-13(16)18-15(3,4)19-14(12)17/h5-8H,1-4H3. The van der Waals surface area contributed by atoms with E-state index in [2.05, 4.69) is 0 Å². The summed E-state index contributed by atoms with van der Waals surface area (Å²) in [5, 5.41) is 0. The number of esters is 2. The molecule has 0 N–H and O–H groups in total. The number of hydrogen-bond acceptors (Lipinski definition) is 4. The molecule has 0 radical (unpaired) electrons. The maximum atomic E-state index is 11.9. The smallest absolute Gasteiger partial charge is 0.348 e. The molecule has 0 unspecified atom stereocenters. The highest BCUT2D eigenvalue weighted by Gasteiger charge is 2.38. The normalized spacial score (nSPS) is 17.8. The summed E-state index contributed by atoms with van der Waals surface area (Å²) in [7, 11) is 0. The van der Waals surface area contributed by atoms with E-state index in [1.165, 1.54) is 19.9 Å². The second-order valence-electron chi connectivity index (χ2n) is 5.04. The summed E-state index contributed by atoms with van der Waals surface area (Å²) < 4.78 is 10.1. The third-order valence-electron chi connectivity index (χ3n) is 2.95. The number of rotatable bonds is 1. The average Bonchev–Trinajstić information content (AvgIpc) is 2.25. The van der Waals surface area contributed by atoms with E-state index in [1.54, 1.807) is 0 Å². The van der Waals surface area contributed by atoms with Gasteiger partial charge in [-0.15, -0.1) is 0 Å². The molecule has 0 saturated carbocycles. The summed E-state index contributed by atoms with van der Waals surface area (Å²) in [5.41, 5.74) is 2.73. The van der Waals surface area contributed by atoms with Crippen molar-refractivity contribution < 1.29 is 19.1 Å². The Balaban J connectivity index is 2.44. The molecule has 19 heavy (non-hydrogen) atoms. The first kappa shape index (κ1) is 13.3. The van der Waals surface area contributed by atoms with Gasteiger partial charge in [0.2, 0.25) is 0 Å². The van der Waals surface area contributed by atoms with Gasteiger partial charge >= 0.3 is 11.9 Å². The molecule has 1 aliphatic rings. The van der Waals surface area contributed by atoms with E-state index in [1.807, 2.05) is 32.0 Å². The van der Waals surface area contributed by atoms with Crippen molar-refractivity contribution in [3.63, 3.8) is 0 Å². The number of aryl methyl sites for hydroxylation is 2. The zero-order valence-electron chi connectivity index (χ0n) is 11.4. The van der Waals surface area contributed by atoms with Gasteiger partial charge in [-0.2, -0.15) is 0 Å². The molecule has 0 aromatic heterocycles. The fourth-order valence-electron chi connectivity index (χ4n) is 1.98. The van der Waals surface area contributed by atoms with Gasteiger partial charge in [-0.3, -0.25) is 0 Å². The predicted molar refractivity (Wildman–Crippen MR) is 70.2 cm³/mol. The van der Waals surface area contributed by atoms with Crippen LogP contribution in [-0.4, -0.2) is 17.7 Å². The van der Waals surface area contributed by atoms with Crippen LogP contribution in [0.5, 0.6) is 0 Å². The summed E-state index contributed by atoms with van der Waals surface area (Å²) in [6.45, 7) is 6.89. The van der Waals surface area contributed by atoms with Crippen LogP contribution in [0.15, 0.2) is 23.8 Å². The van der Waals surface area contributed by atoms with E-state index in [4.69, 9.17) is 9.47 Å². The second kappa shape index (κ2) is 4.53. The van der Waals surface area contributed by atoms with Gasteiger partial charge in [0.15, 0.2) is 0 Å². The van der Waals surface area contributed by atoms with Gasteiger partial charge < -0.3 is 9.47 Å². The van der Waals surface area contributed by atoms with Gasteiger partial charge in [0.1, 0.15) is 5.57 Å². The van der Waals surface area contributed by atoms with Gasteiger partial charge in [0, 0.05) is 13.8 Å². The van der Waals surface area contributed by atoms with Crippen molar-refractivity contribution in [2.75, 3.05) is 0 Å². The lowest BCUT2D eigenvalue weighted by Crippen LogP contribution is -2.41. The van der Waals surface area contributed by atoms with Crippen molar-refractivity contribution in [2.45, 2.75) is 33.5 Å². The number of cyclic esters (lactones) is 2.